The highest BCUT2D eigenvalue weighted by atomic mass is 16.3. The van der Waals surface area contributed by atoms with Crippen LogP contribution in [-0.2, 0) is 0 Å². The van der Waals surface area contributed by atoms with Crippen molar-refractivity contribution in [2.75, 3.05) is 6.44 Å². The summed E-state index contributed by atoms with van der Waals surface area (Å²) in [6.07, 6.45) is 5.28. The Morgan fingerprint density at radius 2 is 1.95 bits per heavy atom. The largest absolute Gasteiger partial charge is 0.397 e. The van der Waals surface area contributed by atoms with Crippen LogP contribution in [0.25, 0.3) is 0 Å². The summed E-state index contributed by atoms with van der Waals surface area (Å²) in [4.78, 5) is 0. The summed E-state index contributed by atoms with van der Waals surface area (Å²) in [7, 11) is 0. The van der Waals surface area contributed by atoms with Crippen LogP contribution in [0, 0.1) is 11.8 Å². The number of aliphatic hydroxyl groups is 2. The van der Waals surface area contributed by atoms with Crippen LogP contribution in [0.1, 0.15) is 26.7 Å². The average Bonchev–Trinajstić information content (AvgIpc) is 2.80. The molecule has 1 heterocycles. The lowest BCUT2D eigenvalue weighted by Crippen LogP contribution is -2.30. The standard InChI is InChI=1S/C15H28BNO2/c1-5-7-15(19)13-9-16(10-17-11(3)4)8-12(13)14(18)6-2/h5,12-15,17-19H,1,3,6-10H2,2,4H3. The van der Waals surface area contributed by atoms with Crippen LogP contribution in [0.3, 0.4) is 0 Å². The molecule has 3 N–H and O–H groups in total. The summed E-state index contributed by atoms with van der Waals surface area (Å²) in [6, 6.07) is 0. The van der Waals surface area contributed by atoms with Crippen molar-refractivity contribution in [1.29, 1.82) is 0 Å². The van der Waals surface area contributed by atoms with E-state index in [0.717, 1.165) is 31.2 Å². The van der Waals surface area contributed by atoms with E-state index in [0.29, 0.717) is 13.1 Å². The number of nitrogens with one attached hydrogen (secondary N) is 1. The Labute approximate surface area is 117 Å². The van der Waals surface area contributed by atoms with E-state index in [-0.39, 0.29) is 24.0 Å². The van der Waals surface area contributed by atoms with Gasteiger partial charge in [0.2, 0.25) is 0 Å². The second-order valence-corrected chi connectivity index (χ2v) is 5.89. The lowest BCUT2D eigenvalue weighted by atomic mass is 9.47. The van der Waals surface area contributed by atoms with Crippen molar-refractivity contribution in [3.63, 3.8) is 0 Å². The molecule has 1 aliphatic rings. The van der Waals surface area contributed by atoms with E-state index >= 15 is 0 Å². The Morgan fingerprint density at radius 1 is 1.37 bits per heavy atom. The number of hydrogen-bond acceptors (Lipinski definition) is 3. The molecular formula is C15H28BNO2. The topological polar surface area (TPSA) is 52.5 Å². The minimum Gasteiger partial charge on any atom is -0.397 e. The summed E-state index contributed by atoms with van der Waals surface area (Å²) < 4.78 is 0. The second-order valence-electron chi connectivity index (χ2n) is 5.89. The molecular weight excluding hydrogens is 237 g/mol. The molecule has 0 radical (unpaired) electrons. The zero-order valence-electron chi connectivity index (χ0n) is 12.3. The van der Waals surface area contributed by atoms with Crippen molar-refractivity contribution in [2.24, 2.45) is 11.8 Å². The zero-order valence-corrected chi connectivity index (χ0v) is 12.3. The molecule has 108 valence electrons. The first-order chi connectivity index (χ1) is 8.99. The maximum absolute atomic E-state index is 10.2. The number of aliphatic hydroxyl groups excluding tert-OH is 2. The SMILES string of the molecule is C=CCC(O)C1CB(CNC(=C)C)CC1C(O)CC. The first-order valence-electron chi connectivity index (χ1n) is 7.35. The van der Waals surface area contributed by atoms with E-state index in [4.69, 9.17) is 0 Å². The van der Waals surface area contributed by atoms with Gasteiger partial charge in [-0.15, -0.1) is 6.58 Å². The molecule has 1 aliphatic heterocycles. The molecule has 4 unspecified atom stereocenters. The fourth-order valence-corrected chi connectivity index (χ4v) is 3.23. The van der Waals surface area contributed by atoms with Crippen molar-refractivity contribution in [3.8, 4) is 0 Å². The van der Waals surface area contributed by atoms with E-state index in [9.17, 15) is 10.2 Å². The van der Waals surface area contributed by atoms with Crippen LogP contribution < -0.4 is 5.32 Å². The third-order valence-electron chi connectivity index (χ3n) is 4.27. The highest BCUT2D eigenvalue weighted by Crippen LogP contribution is 2.39. The van der Waals surface area contributed by atoms with Crippen molar-refractivity contribution < 1.29 is 10.2 Å². The Kier molecular flexibility index (Phi) is 6.66. The minimum atomic E-state index is -0.376. The Bertz CT molecular complexity index is 309. The van der Waals surface area contributed by atoms with Gasteiger partial charge in [0.05, 0.1) is 12.2 Å². The number of allylic oxidation sites excluding steroid dienone is 1. The molecule has 0 aliphatic carbocycles. The van der Waals surface area contributed by atoms with E-state index < -0.39 is 0 Å². The van der Waals surface area contributed by atoms with Gasteiger partial charge in [-0.1, -0.05) is 32.2 Å². The van der Waals surface area contributed by atoms with Gasteiger partial charge in [0.15, 0.2) is 6.71 Å². The van der Waals surface area contributed by atoms with Gasteiger partial charge >= 0.3 is 0 Å². The van der Waals surface area contributed by atoms with Crippen LogP contribution in [-0.4, -0.2) is 35.6 Å². The smallest absolute Gasteiger partial charge is 0.163 e. The minimum absolute atomic E-state index is 0.185. The van der Waals surface area contributed by atoms with Gasteiger partial charge in [-0.25, -0.2) is 0 Å². The van der Waals surface area contributed by atoms with E-state index in [1.54, 1.807) is 6.08 Å². The number of rotatable bonds is 8. The highest BCUT2D eigenvalue weighted by molar-refractivity contribution is 6.60. The molecule has 19 heavy (non-hydrogen) atoms. The zero-order chi connectivity index (χ0) is 14.4. The summed E-state index contributed by atoms with van der Waals surface area (Å²) in [5.74, 6) is 0.391. The average molecular weight is 265 g/mol. The normalized spacial score (nSPS) is 26.0. The molecule has 4 heteroatoms. The van der Waals surface area contributed by atoms with Crippen LogP contribution >= 0.6 is 0 Å². The molecule has 0 saturated carbocycles. The van der Waals surface area contributed by atoms with Crippen LogP contribution in [0.15, 0.2) is 24.9 Å². The van der Waals surface area contributed by atoms with Crippen LogP contribution in [0.2, 0.25) is 12.6 Å². The molecule has 1 saturated heterocycles. The summed E-state index contributed by atoms with van der Waals surface area (Å²) in [5.41, 5.74) is 0.975. The van der Waals surface area contributed by atoms with Crippen LogP contribution in [0.5, 0.6) is 0 Å². The van der Waals surface area contributed by atoms with Gasteiger partial charge < -0.3 is 15.5 Å². The third-order valence-corrected chi connectivity index (χ3v) is 4.27. The van der Waals surface area contributed by atoms with Gasteiger partial charge in [0, 0.05) is 0 Å². The monoisotopic (exact) mass is 265 g/mol. The third kappa shape index (κ3) is 4.70. The lowest BCUT2D eigenvalue weighted by Gasteiger charge is -2.27. The van der Waals surface area contributed by atoms with Crippen molar-refractivity contribution in [2.45, 2.75) is 51.5 Å². The van der Waals surface area contributed by atoms with Gasteiger partial charge in [-0.05, 0) is 43.7 Å². The van der Waals surface area contributed by atoms with Gasteiger partial charge in [0.25, 0.3) is 0 Å². The summed E-state index contributed by atoms with van der Waals surface area (Å²) in [6.45, 7) is 12.0. The van der Waals surface area contributed by atoms with E-state index in [2.05, 4.69) is 18.5 Å². The Balaban J connectivity index is 2.64. The molecule has 4 atom stereocenters. The predicted octanol–water partition coefficient (Wildman–Crippen LogP) is 2.10. The molecule has 0 bridgehead atoms. The first-order valence-corrected chi connectivity index (χ1v) is 7.35. The van der Waals surface area contributed by atoms with E-state index in [1.165, 1.54) is 0 Å². The van der Waals surface area contributed by atoms with Gasteiger partial charge in [0.1, 0.15) is 0 Å². The molecule has 0 aromatic carbocycles. The molecule has 3 nitrogen and oxygen atoms in total. The summed E-state index contributed by atoms with van der Waals surface area (Å²) in [5, 5.41) is 23.7. The molecule has 0 spiro atoms. The Morgan fingerprint density at radius 3 is 2.42 bits per heavy atom. The number of hydrogen-bond donors (Lipinski definition) is 3. The van der Waals surface area contributed by atoms with Crippen molar-refractivity contribution >= 4 is 6.71 Å². The quantitative estimate of drug-likeness (QED) is 0.465. The fraction of sp³-hybridized carbons (Fsp3) is 0.733. The maximum Gasteiger partial charge on any atom is 0.163 e. The summed E-state index contributed by atoms with van der Waals surface area (Å²) >= 11 is 0. The van der Waals surface area contributed by atoms with Gasteiger partial charge in [-0.2, -0.15) is 0 Å². The fourth-order valence-electron chi connectivity index (χ4n) is 3.23. The van der Waals surface area contributed by atoms with Crippen LogP contribution in [0.4, 0.5) is 0 Å². The maximum atomic E-state index is 10.2. The predicted molar refractivity (Wildman–Crippen MR) is 82.3 cm³/mol. The van der Waals surface area contributed by atoms with E-state index in [1.807, 2.05) is 13.8 Å². The molecule has 1 rings (SSSR count). The van der Waals surface area contributed by atoms with Crippen molar-refractivity contribution in [3.05, 3.63) is 24.9 Å². The molecule has 0 aromatic heterocycles. The molecule has 0 amide bonds. The highest BCUT2D eigenvalue weighted by Gasteiger charge is 2.42. The molecule has 0 aromatic rings. The lowest BCUT2D eigenvalue weighted by molar-refractivity contribution is 0.0298. The van der Waals surface area contributed by atoms with Crippen molar-refractivity contribution in [1.82, 2.24) is 5.32 Å². The molecule has 1 fully saturated rings. The Hall–Kier alpha value is -0.735. The second kappa shape index (κ2) is 7.76. The van der Waals surface area contributed by atoms with Gasteiger partial charge in [-0.3, -0.25) is 0 Å². The first kappa shape index (κ1) is 16.3.